The molecule has 0 amide bonds. The second kappa shape index (κ2) is 7.41. The molecule has 0 atom stereocenters. The average molecular weight is 397 g/mol. The van der Waals surface area contributed by atoms with Crippen molar-refractivity contribution in [2.45, 2.75) is 13.5 Å². The number of aryl methyl sites for hydroxylation is 1. The first kappa shape index (κ1) is 18.0. The van der Waals surface area contributed by atoms with Gasteiger partial charge in [0.05, 0.1) is 23.0 Å². The fourth-order valence-corrected chi connectivity index (χ4v) is 3.26. The Hall–Kier alpha value is -4.04. The van der Waals surface area contributed by atoms with E-state index in [4.69, 9.17) is 4.84 Å². The van der Waals surface area contributed by atoms with E-state index in [0.717, 1.165) is 27.8 Å². The van der Waals surface area contributed by atoms with E-state index in [9.17, 15) is 0 Å². The highest BCUT2D eigenvalue weighted by molar-refractivity contribution is 5.89. The number of hydrogen-bond donors (Lipinski definition) is 1. The van der Waals surface area contributed by atoms with E-state index in [-0.39, 0.29) is 6.61 Å². The van der Waals surface area contributed by atoms with E-state index in [1.807, 2.05) is 55.5 Å². The topological polar surface area (TPSA) is 82.2 Å². The molecule has 30 heavy (non-hydrogen) atoms. The Morgan fingerprint density at radius 1 is 1.10 bits per heavy atom. The molecule has 2 aromatic carbocycles. The molecule has 0 aliphatic carbocycles. The summed E-state index contributed by atoms with van der Waals surface area (Å²) in [5, 5.41) is 9.76. The first-order valence-electron chi connectivity index (χ1n) is 9.46. The molecule has 0 saturated carbocycles. The third kappa shape index (κ3) is 3.29. The second-order valence-corrected chi connectivity index (χ2v) is 6.91. The van der Waals surface area contributed by atoms with E-state index in [2.05, 4.69) is 38.3 Å². The molecular weight excluding hydrogens is 378 g/mol. The molecule has 0 unspecified atom stereocenters. The molecule has 148 valence electrons. The van der Waals surface area contributed by atoms with Crippen LogP contribution in [-0.4, -0.2) is 29.4 Å². The van der Waals surface area contributed by atoms with Crippen LogP contribution in [0.15, 0.2) is 73.7 Å². The first-order valence-corrected chi connectivity index (χ1v) is 9.46. The zero-order valence-electron chi connectivity index (χ0n) is 16.4. The molecule has 5 aromatic rings. The fraction of sp³-hybridized carbons (Fsp3) is 0.0909. The van der Waals surface area contributed by atoms with Gasteiger partial charge in [-0.3, -0.25) is 10.3 Å². The molecule has 5 rings (SSSR count). The van der Waals surface area contributed by atoms with Crippen molar-refractivity contribution in [2.24, 2.45) is 0 Å². The van der Waals surface area contributed by atoms with Gasteiger partial charge in [-0.05, 0) is 30.2 Å². The summed E-state index contributed by atoms with van der Waals surface area (Å²) in [5.74, 6) is 0.529. The van der Waals surface area contributed by atoms with E-state index in [1.54, 1.807) is 21.7 Å². The Morgan fingerprint density at radius 2 is 1.97 bits per heavy atom. The summed E-state index contributed by atoms with van der Waals surface area (Å²) in [6.07, 6.45) is 3.40. The van der Waals surface area contributed by atoms with Crippen molar-refractivity contribution in [3.63, 3.8) is 0 Å². The van der Waals surface area contributed by atoms with Crippen LogP contribution in [0.4, 0.5) is 0 Å². The fourth-order valence-electron chi connectivity index (χ4n) is 3.26. The highest BCUT2D eigenvalue weighted by Gasteiger charge is 2.14. The normalized spacial score (nSPS) is 11.2. The van der Waals surface area contributed by atoms with Crippen molar-refractivity contribution in [3.05, 3.63) is 90.7 Å². The lowest BCUT2D eigenvalue weighted by atomic mass is 10.2. The van der Waals surface area contributed by atoms with Crippen LogP contribution < -0.4 is 5.48 Å². The van der Waals surface area contributed by atoms with Gasteiger partial charge in [-0.2, -0.15) is 5.10 Å². The van der Waals surface area contributed by atoms with Crippen molar-refractivity contribution in [1.82, 2.24) is 34.8 Å². The summed E-state index contributed by atoms with van der Waals surface area (Å²) in [5.41, 5.74) is 7.98. The molecule has 0 saturated heterocycles. The van der Waals surface area contributed by atoms with Gasteiger partial charge in [-0.25, -0.2) is 19.2 Å². The van der Waals surface area contributed by atoms with Crippen LogP contribution in [0.25, 0.3) is 28.1 Å². The molecule has 0 spiro atoms. The molecule has 1 N–H and O–H groups in total. The number of aromatic nitrogens is 6. The van der Waals surface area contributed by atoms with Crippen LogP contribution in [0.3, 0.4) is 0 Å². The molecule has 3 aromatic heterocycles. The second-order valence-electron chi connectivity index (χ2n) is 6.91. The zero-order chi connectivity index (χ0) is 20.5. The van der Waals surface area contributed by atoms with Gasteiger partial charge in [0.15, 0.2) is 17.1 Å². The lowest BCUT2D eigenvalue weighted by Gasteiger charge is -2.08. The van der Waals surface area contributed by atoms with Crippen LogP contribution in [0.1, 0.15) is 17.0 Å². The van der Waals surface area contributed by atoms with Gasteiger partial charge in [0.25, 0.3) is 0 Å². The van der Waals surface area contributed by atoms with E-state index in [1.165, 1.54) is 0 Å². The van der Waals surface area contributed by atoms with Crippen molar-refractivity contribution >= 4 is 22.4 Å². The number of hydrogen-bond acceptors (Lipinski definition) is 6. The standard InChI is InChI=1S/C22H19N7O/c1-15-7-6-10-18(11-15)29-21-19(12-24-29)22-25-20(26-28(22)14-23-21)13-30-27-16(2)17-8-4-3-5-9-17/h3-12,14,27H,2,13H2,1H3. The molecule has 8 nitrogen and oxygen atoms in total. The van der Waals surface area contributed by atoms with Crippen LogP contribution in [0, 0.1) is 6.92 Å². The van der Waals surface area contributed by atoms with Crippen molar-refractivity contribution in [1.29, 1.82) is 0 Å². The maximum atomic E-state index is 5.54. The molecule has 0 aliphatic rings. The summed E-state index contributed by atoms with van der Waals surface area (Å²) in [4.78, 5) is 14.7. The number of benzene rings is 2. The number of nitrogens with zero attached hydrogens (tertiary/aromatic N) is 6. The number of fused-ring (bicyclic) bond motifs is 3. The highest BCUT2D eigenvalue weighted by Crippen LogP contribution is 2.20. The van der Waals surface area contributed by atoms with Gasteiger partial charge >= 0.3 is 0 Å². The molecule has 0 aliphatic heterocycles. The largest absolute Gasteiger partial charge is 0.268 e. The quantitative estimate of drug-likeness (QED) is 0.442. The average Bonchev–Trinajstić information content (AvgIpc) is 3.38. The molecule has 0 radical (unpaired) electrons. The summed E-state index contributed by atoms with van der Waals surface area (Å²) >= 11 is 0. The summed E-state index contributed by atoms with van der Waals surface area (Å²) in [6, 6.07) is 17.9. The molecule has 3 heterocycles. The Kier molecular flexibility index (Phi) is 4.45. The summed E-state index contributed by atoms with van der Waals surface area (Å²) in [6.45, 7) is 6.20. The van der Waals surface area contributed by atoms with Crippen LogP contribution >= 0.6 is 0 Å². The SMILES string of the molecule is C=C(NOCc1nc2c3cnn(-c4cccc(C)c4)c3ncn2n1)c1ccccc1. The molecule has 8 heteroatoms. The third-order valence-corrected chi connectivity index (χ3v) is 4.71. The maximum Gasteiger partial charge on any atom is 0.180 e. The van der Waals surface area contributed by atoms with Gasteiger partial charge in [-0.1, -0.05) is 49.0 Å². The minimum Gasteiger partial charge on any atom is -0.268 e. The number of nitrogens with one attached hydrogen (secondary N) is 1. The number of hydroxylamine groups is 1. The monoisotopic (exact) mass is 397 g/mol. The highest BCUT2D eigenvalue weighted by atomic mass is 16.6. The Balaban J connectivity index is 1.38. The van der Waals surface area contributed by atoms with Gasteiger partial charge in [0, 0.05) is 0 Å². The summed E-state index contributed by atoms with van der Waals surface area (Å²) < 4.78 is 3.44. The van der Waals surface area contributed by atoms with Crippen LogP contribution in [0.2, 0.25) is 0 Å². The lowest BCUT2D eigenvalue weighted by Crippen LogP contribution is -2.12. The molecule has 0 fully saturated rings. The first-order chi connectivity index (χ1) is 14.7. The molecule has 0 bridgehead atoms. The zero-order valence-corrected chi connectivity index (χ0v) is 16.4. The third-order valence-electron chi connectivity index (χ3n) is 4.71. The van der Waals surface area contributed by atoms with Gasteiger partial charge in [0.1, 0.15) is 12.9 Å². The Morgan fingerprint density at radius 3 is 2.80 bits per heavy atom. The lowest BCUT2D eigenvalue weighted by molar-refractivity contribution is 0.0603. The number of rotatable bonds is 6. The molecular formula is C22H19N7O. The maximum absolute atomic E-state index is 5.54. The Bertz CT molecular complexity index is 1350. The van der Waals surface area contributed by atoms with Crippen molar-refractivity contribution < 1.29 is 4.84 Å². The van der Waals surface area contributed by atoms with E-state index >= 15 is 0 Å². The van der Waals surface area contributed by atoms with Crippen molar-refractivity contribution in [3.8, 4) is 5.69 Å². The predicted molar refractivity (Wildman–Crippen MR) is 114 cm³/mol. The van der Waals surface area contributed by atoms with E-state index < -0.39 is 0 Å². The predicted octanol–water partition coefficient (Wildman–Crippen LogP) is 3.46. The van der Waals surface area contributed by atoms with Gasteiger partial charge < -0.3 is 0 Å². The minimum atomic E-state index is 0.182. The van der Waals surface area contributed by atoms with E-state index in [0.29, 0.717) is 17.2 Å². The smallest absolute Gasteiger partial charge is 0.180 e. The van der Waals surface area contributed by atoms with Gasteiger partial charge in [0.2, 0.25) is 0 Å². The van der Waals surface area contributed by atoms with Crippen LogP contribution in [0.5, 0.6) is 0 Å². The van der Waals surface area contributed by atoms with Crippen molar-refractivity contribution in [2.75, 3.05) is 0 Å². The summed E-state index contributed by atoms with van der Waals surface area (Å²) in [7, 11) is 0. The minimum absolute atomic E-state index is 0.182. The van der Waals surface area contributed by atoms with Gasteiger partial charge in [-0.15, -0.1) is 5.10 Å². The Labute approximate surface area is 172 Å². The van der Waals surface area contributed by atoms with Crippen LogP contribution in [-0.2, 0) is 11.4 Å².